The highest BCUT2D eigenvalue weighted by Crippen LogP contribution is 2.40. The van der Waals surface area contributed by atoms with Gasteiger partial charge in [0.05, 0.1) is 11.5 Å². The van der Waals surface area contributed by atoms with Crippen molar-refractivity contribution >= 4 is 33.1 Å². The third kappa shape index (κ3) is 2.36. The molecule has 0 saturated carbocycles. The summed E-state index contributed by atoms with van der Waals surface area (Å²) in [6, 6.07) is 6.94. The van der Waals surface area contributed by atoms with E-state index in [2.05, 4.69) is 4.18 Å². The van der Waals surface area contributed by atoms with Crippen molar-refractivity contribution in [1.29, 1.82) is 11.1 Å². The highest BCUT2D eigenvalue weighted by Gasteiger charge is 2.26. The minimum Gasteiger partial charge on any atom is -0.594 e. The minimum absolute atomic E-state index is 0.134. The number of benzene rings is 2. The lowest BCUT2D eigenvalue weighted by Gasteiger charge is -2.08. The SMILES string of the molecule is N=[N+]([O-])c1cc(O[SH](=O)=O)c2ccccc2c1[N+](=N)[O-]. The van der Waals surface area contributed by atoms with Crippen molar-refractivity contribution in [3.63, 3.8) is 0 Å². The molecule has 0 aliphatic heterocycles. The van der Waals surface area contributed by atoms with Gasteiger partial charge in [-0.05, 0) is 17.1 Å². The van der Waals surface area contributed by atoms with Gasteiger partial charge in [-0.25, -0.2) is 0 Å². The number of nitrogens with one attached hydrogen (secondary N) is 2. The molecular weight excluding hydrogens is 288 g/mol. The summed E-state index contributed by atoms with van der Waals surface area (Å²) < 4.78 is 25.9. The van der Waals surface area contributed by atoms with Crippen LogP contribution < -0.4 is 4.18 Å². The van der Waals surface area contributed by atoms with Crippen LogP contribution in [0.15, 0.2) is 30.3 Å². The van der Waals surface area contributed by atoms with Gasteiger partial charge in [-0.15, -0.1) is 0 Å². The van der Waals surface area contributed by atoms with Crippen LogP contribution in [0.25, 0.3) is 10.8 Å². The zero-order valence-corrected chi connectivity index (χ0v) is 10.7. The Morgan fingerprint density at radius 1 is 1.05 bits per heavy atom. The number of hydrogen-bond donors (Lipinski definition) is 3. The van der Waals surface area contributed by atoms with Crippen molar-refractivity contribution in [2.75, 3.05) is 0 Å². The van der Waals surface area contributed by atoms with E-state index in [0.29, 0.717) is 0 Å². The number of hydrogen-bond acceptors (Lipinski definition) is 7. The first-order valence-corrected chi connectivity index (χ1v) is 6.26. The zero-order chi connectivity index (χ0) is 14.9. The van der Waals surface area contributed by atoms with Crippen molar-refractivity contribution < 1.29 is 22.3 Å². The van der Waals surface area contributed by atoms with Gasteiger partial charge < -0.3 is 14.6 Å². The monoisotopic (exact) mass is 296 g/mol. The molecule has 2 aromatic carbocycles. The minimum atomic E-state index is -3.23. The molecule has 0 aromatic heterocycles. The van der Waals surface area contributed by atoms with Crippen molar-refractivity contribution in [1.82, 2.24) is 0 Å². The standard InChI is InChI=1S/C10H8N4O5S/c11-13(15)8-5-9(19-20(17)18)6-3-1-2-4-7(6)10(8)14(12)16/h1-5,11-12,20H. The van der Waals surface area contributed by atoms with Crippen LogP contribution in [0.3, 0.4) is 0 Å². The second-order valence-electron chi connectivity index (χ2n) is 3.69. The van der Waals surface area contributed by atoms with E-state index in [0.717, 1.165) is 6.07 Å². The molecule has 0 atom stereocenters. The molecule has 2 rings (SSSR count). The van der Waals surface area contributed by atoms with Crippen molar-refractivity contribution in [2.45, 2.75) is 0 Å². The molecule has 0 saturated heterocycles. The van der Waals surface area contributed by atoms with Gasteiger partial charge in [0.1, 0.15) is 0 Å². The van der Waals surface area contributed by atoms with Crippen LogP contribution in [0.1, 0.15) is 0 Å². The molecule has 0 radical (unpaired) electrons. The van der Waals surface area contributed by atoms with E-state index < -0.39 is 16.7 Å². The summed E-state index contributed by atoms with van der Waals surface area (Å²) in [5, 5.41) is 22.8. The molecule has 0 aliphatic carbocycles. The molecule has 0 bridgehead atoms. The van der Waals surface area contributed by atoms with Crippen LogP contribution in [0.4, 0.5) is 11.4 Å². The normalized spacial score (nSPS) is 10.7. The predicted octanol–water partition coefficient (Wildman–Crippen LogP) is 2.09. The number of nitrogens with zero attached hydrogens (tertiary/aromatic N) is 2. The largest absolute Gasteiger partial charge is 0.594 e. The molecule has 0 spiro atoms. The van der Waals surface area contributed by atoms with Crippen LogP contribution >= 0.6 is 0 Å². The van der Waals surface area contributed by atoms with E-state index in [1.807, 2.05) is 0 Å². The molecule has 2 aromatic rings. The third-order valence-corrected chi connectivity index (χ3v) is 2.90. The Labute approximate surface area is 113 Å². The fraction of sp³-hybridized carbons (Fsp3) is 0. The third-order valence-electron chi connectivity index (χ3n) is 2.55. The van der Waals surface area contributed by atoms with E-state index in [-0.39, 0.29) is 31.9 Å². The molecule has 0 amide bonds. The van der Waals surface area contributed by atoms with Crippen LogP contribution in [0.2, 0.25) is 0 Å². The van der Waals surface area contributed by atoms with E-state index in [9.17, 15) is 18.8 Å². The number of rotatable bonds is 4. The van der Waals surface area contributed by atoms with Crippen molar-refractivity contribution in [2.24, 2.45) is 0 Å². The average Bonchev–Trinajstić information content (AvgIpc) is 2.37. The van der Waals surface area contributed by atoms with Gasteiger partial charge in [0.15, 0.2) is 5.75 Å². The van der Waals surface area contributed by atoms with Gasteiger partial charge in [-0.3, -0.25) is 0 Å². The quantitative estimate of drug-likeness (QED) is 0.342. The van der Waals surface area contributed by atoms with Gasteiger partial charge in [0, 0.05) is 5.39 Å². The lowest BCUT2D eigenvalue weighted by Crippen LogP contribution is -2.00. The summed E-state index contributed by atoms with van der Waals surface area (Å²) in [6.07, 6.45) is 0. The average molecular weight is 296 g/mol. The summed E-state index contributed by atoms with van der Waals surface area (Å²) in [5.41, 5.74) is 13.3. The Bertz CT molecular complexity index is 794. The topological polar surface area (TPSA) is 143 Å². The molecule has 9 nitrogen and oxygen atoms in total. The summed E-state index contributed by atoms with van der Waals surface area (Å²) in [4.78, 5) is -0.690. The molecule has 0 heterocycles. The molecule has 0 fully saturated rings. The van der Waals surface area contributed by atoms with Crippen LogP contribution in [0, 0.1) is 21.5 Å². The summed E-state index contributed by atoms with van der Waals surface area (Å²) in [7, 11) is -3.23. The van der Waals surface area contributed by atoms with E-state index in [4.69, 9.17) is 11.1 Å². The van der Waals surface area contributed by atoms with Gasteiger partial charge in [-0.1, -0.05) is 27.9 Å². The molecule has 0 aliphatic rings. The van der Waals surface area contributed by atoms with E-state index >= 15 is 0 Å². The van der Waals surface area contributed by atoms with Gasteiger partial charge in [0.2, 0.25) is 0 Å². The van der Waals surface area contributed by atoms with Gasteiger partial charge in [-0.2, -0.15) is 8.42 Å². The second kappa shape index (κ2) is 5.09. The Balaban J connectivity index is 2.93. The van der Waals surface area contributed by atoms with Crippen LogP contribution in [-0.2, 0) is 11.0 Å². The van der Waals surface area contributed by atoms with E-state index in [1.54, 1.807) is 12.1 Å². The highest BCUT2D eigenvalue weighted by atomic mass is 32.2. The first-order valence-electron chi connectivity index (χ1n) is 5.17. The Morgan fingerprint density at radius 3 is 2.15 bits per heavy atom. The second-order valence-corrected chi connectivity index (χ2v) is 4.32. The molecule has 10 heteroatoms. The van der Waals surface area contributed by atoms with Crippen molar-refractivity contribution in [3.8, 4) is 5.75 Å². The van der Waals surface area contributed by atoms with E-state index in [1.165, 1.54) is 12.1 Å². The zero-order valence-electron chi connectivity index (χ0n) is 9.77. The fourth-order valence-electron chi connectivity index (χ4n) is 1.84. The maximum Gasteiger partial charge on any atom is 0.326 e. The summed E-state index contributed by atoms with van der Waals surface area (Å²) in [5.74, 6) is -0.189. The first-order chi connectivity index (χ1) is 9.41. The number of fused-ring (bicyclic) bond motifs is 1. The lowest BCUT2D eigenvalue weighted by atomic mass is 10.1. The highest BCUT2D eigenvalue weighted by molar-refractivity contribution is 7.67. The molecular formula is C10H8N4O5S. The lowest BCUT2D eigenvalue weighted by molar-refractivity contribution is -0.499. The first kappa shape index (κ1) is 13.7. The Hall–Kier alpha value is -2.75. The maximum absolute atomic E-state index is 11.3. The summed E-state index contributed by atoms with van der Waals surface area (Å²) >= 11 is 0. The van der Waals surface area contributed by atoms with Gasteiger partial charge >= 0.3 is 11.4 Å². The predicted molar refractivity (Wildman–Crippen MR) is 66.9 cm³/mol. The Kier molecular flexibility index (Phi) is 3.48. The molecule has 104 valence electrons. The Morgan fingerprint density at radius 2 is 1.65 bits per heavy atom. The van der Waals surface area contributed by atoms with Crippen LogP contribution in [-0.4, -0.2) is 18.1 Å². The summed E-state index contributed by atoms with van der Waals surface area (Å²) in [6.45, 7) is 0. The fourth-order valence-corrected chi connectivity index (χ4v) is 2.15. The smallest absolute Gasteiger partial charge is 0.326 e. The van der Waals surface area contributed by atoms with Crippen molar-refractivity contribution in [3.05, 3.63) is 40.7 Å². The van der Waals surface area contributed by atoms with Gasteiger partial charge in [0.25, 0.3) is 11.0 Å². The molecule has 0 unspecified atom stereocenters. The van der Waals surface area contributed by atoms with Crippen LogP contribution in [0.5, 0.6) is 5.75 Å². The number of thiol groups is 1. The maximum atomic E-state index is 11.3. The molecule has 20 heavy (non-hydrogen) atoms. The molecule has 2 N–H and O–H groups in total.